The van der Waals surface area contributed by atoms with Gasteiger partial charge >= 0.3 is 0 Å². The molecule has 0 bridgehead atoms. The zero-order chi connectivity index (χ0) is 0. The average Bonchev–Trinajstić information content (AvgIpc) is 0. The summed E-state index contributed by atoms with van der Waals surface area (Å²) in [7, 11) is 0. The van der Waals surface area contributed by atoms with Gasteiger partial charge in [-0.15, -0.1) is 0 Å². The predicted molar refractivity (Wildman–Crippen MR) is 9.94 cm³/mol. The van der Waals surface area contributed by atoms with Gasteiger partial charge in [0.15, 0.2) is 17.4 Å². The first kappa shape index (κ1) is 49.0. The van der Waals surface area contributed by atoms with Gasteiger partial charge in [-0.25, -0.2) is 0 Å². The first-order chi connectivity index (χ1) is 0. The van der Waals surface area contributed by atoms with Crippen LogP contribution in [0.5, 0.6) is 0 Å². The summed E-state index contributed by atoms with van der Waals surface area (Å²) in [6.45, 7) is 0. The van der Waals surface area contributed by atoms with Crippen molar-refractivity contribution in [3.63, 3.8) is 0 Å². The molecule has 0 aromatic heterocycles. The number of rotatable bonds is 0. The van der Waals surface area contributed by atoms with Crippen molar-refractivity contribution in [3.8, 4) is 0 Å². The topological polar surface area (TPSA) is 0 Å². The molecule has 0 fully saturated rings. The number of hydrogen-bond donors (Lipinski definition) is 0. The summed E-state index contributed by atoms with van der Waals surface area (Å²) < 4.78 is 0. The average molecular weight is 252 g/mol. The van der Waals surface area contributed by atoms with Crippen molar-refractivity contribution in [2.24, 2.45) is 0 Å². The quantitative estimate of drug-likeness (QED) is 0.476. The SMILES string of the molecule is [AlH3].[Cr].[Fe].[Fe].[Ni]. The standard InChI is InChI=1S/Al.Cr.2Fe.Ni.3H. The second-order valence-corrected chi connectivity index (χ2v) is 0. The Kier molecular flexibility index (Phi) is 300. The van der Waals surface area contributed by atoms with E-state index >= 15 is 0 Å². The van der Waals surface area contributed by atoms with Crippen LogP contribution in [0.15, 0.2) is 0 Å². The third-order valence-electron chi connectivity index (χ3n) is 0. The maximum Gasteiger partial charge on any atom is 0.187 e. The van der Waals surface area contributed by atoms with Crippen molar-refractivity contribution >= 4 is 17.4 Å². The summed E-state index contributed by atoms with van der Waals surface area (Å²) in [6.07, 6.45) is 0. The van der Waals surface area contributed by atoms with Crippen LogP contribution in [0, 0.1) is 0 Å². The molecule has 38 valence electrons. The molecule has 0 saturated carbocycles. The van der Waals surface area contributed by atoms with Crippen LogP contribution in [0.25, 0.3) is 0 Å². The van der Waals surface area contributed by atoms with Crippen molar-refractivity contribution in [3.05, 3.63) is 0 Å². The molecule has 0 unspecified atom stereocenters. The first-order valence-electron chi connectivity index (χ1n) is 0. The molecule has 5 heteroatoms. The molecule has 0 aromatic carbocycles. The van der Waals surface area contributed by atoms with Gasteiger partial charge in [-0.2, -0.15) is 0 Å². The van der Waals surface area contributed by atoms with Gasteiger partial charge in [0.2, 0.25) is 0 Å². The second kappa shape index (κ2) is 30.6. The van der Waals surface area contributed by atoms with Gasteiger partial charge in [0.05, 0.1) is 0 Å². The molecule has 0 aliphatic rings. The molecule has 5 heavy (non-hydrogen) atoms. The molecule has 0 saturated heterocycles. The molecule has 0 radical (unpaired) electrons. The van der Waals surface area contributed by atoms with E-state index < -0.39 is 0 Å². The Hall–Kier alpha value is 2.60. The van der Waals surface area contributed by atoms with E-state index in [1.54, 1.807) is 0 Å². The molecule has 0 nitrogen and oxygen atoms in total. The van der Waals surface area contributed by atoms with E-state index in [4.69, 9.17) is 0 Å². The summed E-state index contributed by atoms with van der Waals surface area (Å²) in [5, 5.41) is 0. The fourth-order valence-corrected chi connectivity index (χ4v) is 0. The monoisotopic (exact) mass is 252 g/mol. The molecule has 0 amide bonds. The molecule has 0 atom stereocenters. The van der Waals surface area contributed by atoms with Crippen molar-refractivity contribution in [2.75, 3.05) is 0 Å². The van der Waals surface area contributed by atoms with Crippen molar-refractivity contribution in [1.82, 2.24) is 0 Å². The van der Waals surface area contributed by atoms with Crippen LogP contribution < -0.4 is 0 Å². The summed E-state index contributed by atoms with van der Waals surface area (Å²) in [6, 6.07) is 0. The molecular formula is H3AlCrFe2Ni. The summed E-state index contributed by atoms with van der Waals surface area (Å²) >= 11 is 0. The van der Waals surface area contributed by atoms with E-state index in [0.29, 0.717) is 0 Å². The Morgan fingerprint density at radius 3 is 0.800 bits per heavy atom. The summed E-state index contributed by atoms with van der Waals surface area (Å²) in [5.41, 5.74) is 0. The molecule has 0 rings (SSSR count). The van der Waals surface area contributed by atoms with Gasteiger partial charge in [0.1, 0.15) is 0 Å². The smallest absolute Gasteiger partial charge is 0 e. The van der Waals surface area contributed by atoms with Crippen LogP contribution in [-0.4, -0.2) is 17.4 Å². The van der Waals surface area contributed by atoms with E-state index in [1.165, 1.54) is 0 Å². The maximum atomic E-state index is 0. The molecule has 0 aliphatic heterocycles. The third kappa shape index (κ3) is 20.7. The van der Waals surface area contributed by atoms with Crippen LogP contribution >= 0.6 is 0 Å². The fraction of sp³-hybridized carbons (Fsp3) is 0. The fourth-order valence-electron chi connectivity index (χ4n) is 0. The van der Waals surface area contributed by atoms with Crippen molar-refractivity contribution in [1.29, 1.82) is 0 Å². The zero-order valence-corrected chi connectivity index (χ0v) is 5.90. The van der Waals surface area contributed by atoms with Gasteiger partial charge in [-0.05, 0) is 0 Å². The zero-order valence-electron chi connectivity index (χ0n) is 1.43. The van der Waals surface area contributed by atoms with E-state index in [2.05, 4.69) is 0 Å². The molecule has 0 spiro atoms. The minimum atomic E-state index is 0. The minimum Gasteiger partial charge on any atom is 0 e. The minimum absolute atomic E-state index is 0. The largest absolute Gasteiger partial charge is 0.187 e. The Balaban J connectivity index is 0. The van der Waals surface area contributed by atoms with Crippen LogP contribution in [0.4, 0.5) is 0 Å². The Bertz CT molecular complexity index is 9.61. The van der Waals surface area contributed by atoms with Crippen molar-refractivity contribution in [2.45, 2.75) is 0 Å². The van der Waals surface area contributed by atoms with E-state index in [1.807, 2.05) is 0 Å². The molecular weight excluding hydrogens is 249 g/mol. The van der Waals surface area contributed by atoms with Gasteiger partial charge < -0.3 is 0 Å². The second-order valence-electron chi connectivity index (χ2n) is 0. The molecule has 0 aliphatic carbocycles. The predicted octanol–water partition coefficient (Wildman–Crippen LogP) is -1.19. The van der Waals surface area contributed by atoms with Crippen LogP contribution in [0.2, 0.25) is 0 Å². The molecule has 0 N–H and O–H groups in total. The molecule has 0 heterocycles. The summed E-state index contributed by atoms with van der Waals surface area (Å²) in [5.74, 6) is 0. The summed E-state index contributed by atoms with van der Waals surface area (Å²) in [4.78, 5) is 0. The van der Waals surface area contributed by atoms with E-state index in [-0.39, 0.29) is 85.4 Å². The van der Waals surface area contributed by atoms with Gasteiger partial charge in [-0.1, -0.05) is 0 Å². The van der Waals surface area contributed by atoms with Gasteiger partial charge in [0, 0.05) is 68.0 Å². The third-order valence-corrected chi connectivity index (χ3v) is 0. The number of hydrogen-bond acceptors (Lipinski definition) is 0. The van der Waals surface area contributed by atoms with Crippen LogP contribution in [0.1, 0.15) is 0 Å². The molecule has 0 aromatic rings. The van der Waals surface area contributed by atoms with Gasteiger partial charge in [0.25, 0.3) is 0 Å². The van der Waals surface area contributed by atoms with Crippen LogP contribution in [-0.2, 0) is 68.0 Å². The Morgan fingerprint density at radius 1 is 0.800 bits per heavy atom. The maximum absolute atomic E-state index is 0. The Morgan fingerprint density at radius 2 is 0.800 bits per heavy atom. The normalized spacial score (nSPS) is 0. The van der Waals surface area contributed by atoms with E-state index in [9.17, 15) is 0 Å². The Labute approximate surface area is 84.4 Å². The van der Waals surface area contributed by atoms with Crippen LogP contribution in [0.3, 0.4) is 0 Å². The first-order valence-corrected chi connectivity index (χ1v) is 0. The van der Waals surface area contributed by atoms with Crippen molar-refractivity contribution < 1.29 is 68.0 Å². The van der Waals surface area contributed by atoms with Gasteiger partial charge in [-0.3, -0.25) is 0 Å². The van der Waals surface area contributed by atoms with E-state index in [0.717, 1.165) is 0 Å².